The van der Waals surface area contributed by atoms with Crippen molar-refractivity contribution in [3.8, 4) is 17.0 Å². The maximum atomic E-state index is 12.0. The van der Waals surface area contributed by atoms with Gasteiger partial charge in [0.25, 0.3) is 5.91 Å². The van der Waals surface area contributed by atoms with Crippen molar-refractivity contribution in [2.45, 2.75) is 26.3 Å². The number of rotatable bonds is 6. The number of hydrogen-bond donors (Lipinski definition) is 3. The van der Waals surface area contributed by atoms with Crippen molar-refractivity contribution in [2.75, 3.05) is 18.9 Å². The van der Waals surface area contributed by atoms with E-state index in [0.717, 1.165) is 16.7 Å². The Morgan fingerprint density at radius 1 is 1.33 bits per heavy atom. The molecule has 142 valence electrons. The number of nitrogens with two attached hydrogens (primary N) is 2. The number of ether oxygens (including phenoxy) is 1. The van der Waals surface area contributed by atoms with Crippen molar-refractivity contribution in [2.24, 2.45) is 5.73 Å². The summed E-state index contributed by atoms with van der Waals surface area (Å²) in [5, 5.41) is 15.0. The molecule has 8 nitrogen and oxygen atoms in total. The molecule has 3 aromatic rings. The highest BCUT2D eigenvalue weighted by Gasteiger charge is 2.29. The zero-order chi connectivity index (χ0) is 19.8. The van der Waals surface area contributed by atoms with Crippen molar-refractivity contribution in [3.05, 3.63) is 36.0 Å². The first kappa shape index (κ1) is 18.7. The van der Waals surface area contributed by atoms with Crippen LogP contribution in [0.2, 0.25) is 0 Å². The van der Waals surface area contributed by atoms with Gasteiger partial charge in [0.15, 0.2) is 0 Å². The minimum Gasteiger partial charge on any atom is -0.494 e. The summed E-state index contributed by atoms with van der Waals surface area (Å²) in [4.78, 5) is 16.5. The van der Waals surface area contributed by atoms with Gasteiger partial charge in [0.05, 0.1) is 24.3 Å². The van der Waals surface area contributed by atoms with Gasteiger partial charge < -0.3 is 21.3 Å². The molecule has 0 aliphatic heterocycles. The molecule has 0 aliphatic rings. The number of aromatic nitrogens is 3. The second kappa shape index (κ2) is 6.88. The fraction of sp³-hybridized carbons (Fsp3) is 0.316. The number of fused-ring (bicyclic) bond motifs is 1. The van der Waals surface area contributed by atoms with E-state index in [4.69, 9.17) is 16.2 Å². The van der Waals surface area contributed by atoms with Crippen molar-refractivity contribution in [3.63, 3.8) is 0 Å². The van der Waals surface area contributed by atoms with Gasteiger partial charge in [-0.25, -0.2) is 4.68 Å². The number of aliphatic hydroxyl groups excluding tert-OH is 1. The number of nitrogens with zero attached hydrogens (tertiary/aromatic N) is 3. The van der Waals surface area contributed by atoms with Crippen molar-refractivity contribution in [1.29, 1.82) is 0 Å². The predicted octanol–water partition coefficient (Wildman–Crippen LogP) is 1.91. The Kier molecular flexibility index (Phi) is 4.75. The summed E-state index contributed by atoms with van der Waals surface area (Å²) in [5.74, 6) is 0.166. The minimum atomic E-state index is -0.788. The molecule has 0 atom stereocenters. The van der Waals surface area contributed by atoms with Gasteiger partial charge in [0, 0.05) is 23.2 Å². The molecule has 0 spiro atoms. The zero-order valence-electron chi connectivity index (χ0n) is 15.6. The van der Waals surface area contributed by atoms with E-state index in [-0.39, 0.29) is 18.0 Å². The summed E-state index contributed by atoms with van der Waals surface area (Å²) < 4.78 is 6.91. The molecule has 27 heavy (non-hydrogen) atoms. The molecule has 1 aromatic carbocycles. The van der Waals surface area contributed by atoms with Crippen LogP contribution in [0.4, 0.5) is 5.82 Å². The number of anilines is 1. The fourth-order valence-electron chi connectivity index (χ4n) is 2.89. The number of primary amides is 1. The van der Waals surface area contributed by atoms with Gasteiger partial charge in [0.1, 0.15) is 22.8 Å². The molecular weight excluding hydrogens is 346 g/mol. The van der Waals surface area contributed by atoms with E-state index < -0.39 is 11.4 Å². The average Bonchev–Trinajstić information content (AvgIpc) is 3.00. The van der Waals surface area contributed by atoms with Gasteiger partial charge in [-0.2, -0.15) is 5.10 Å². The molecule has 0 radical (unpaired) electrons. The molecule has 0 saturated heterocycles. The molecular formula is C19H23N5O3. The maximum absolute atomic E-state index is 12.0. The third-order valence-corrected chi connectivity index (χ3v) is 4.37. The Balaban J connectivity index is 2.16. The Labute approximate surface area is 156 Å². The number of carbonyl (C=O) groups is 1. The number of benzene rings is 1. The Hall–Kier alpha value is -3.13. The molecule has 5 N–H and O–H groups in total. The number of pyridine rings is 1. The van der Waals surface area contributed by atoms with Crippen LogP contribution in [-0.4, -0.2) is 39.0 Å². The summed E-state index contributed by atoms with van der Waals surface area (Å²) in [6.07, 6.45) is 1.61. The van der Waals surface area contributed by atoms with Gasteiger partial charge in [-0.1, -0.05) is 0 Å². The second-order valence-corrected chi connectivity index (χ2v) is 6.87. The van der Waals surface area contributed by atoms with E-state index in [1.807, 2.05) is 31.2 Å². The van der Waals surface area contributed by atoms with E-state index in [1.165, 1.54) is 4.68 Å². The SMILES string of the molecule is CCOc1ccc2cc(-c3nn(C(C)(C)CO)c(N)c3C(N)=O)cnc2c1. The van der Waals surface area contributed by atoms with E-state index in [9.17, 15) is 9.90 Å². The molecule has 2 heterocycles. The Morgan fingerprint density at radius 2 is 2.07 bits per heavy atom. The van der Waals surface area contributed by atoms with Crippen LogP contribution in [0.15, 0.2) is 30.5 Å². The quantitative estimate of drug-likeness (QED) is 0.608. The molecule has 8 heteroatoms. The molecule has 0 unspecified atom stereocenters. The molecule has 0 saturated carbocycles. The highest BCUT2D eigenvalue weighted by molar-refractivity contribution is 6.03. The van der Waals surface area contributed by atoms with E-state index in [0.29, 0.717) is 17.9 Å². The van der Waals surface area contributed by atoms with Crippen LogP contribution in [-0.2, 0) is 5.54 Å². The van der Waals surface area contributed by atoms with Gasteiger partial charge >= 0.3 is 0 Å². The minimum absolute atomic E-state index is 0.114. The van der Waals surface area contributed by atoms with Crippen LogP contribution in [0.5, 0.6) is 5.75 Å². The molecule has 0 bridgehead atoms. The molecule has 2 aromatic heterocycles. The summed E-state index contributed by atoms with van der Waals surface area (Å²) in [5.41, 5.74) is 12.7. The summed E-state index contributed by atoms with van der Waals surface area (Å²) in [7, 11) is 0. The first-order chi connectivity index (χ1) is 12.8. The first-order valence-electron chi connectivity index (χ1n) is 8.61. The lowest BCUT2D eigenvalue weighted by Gasteiger charge is -2.23. The topological polar surface area (TPSA) is 129 Å². The Morgan fingerprint density at radius 3 is 2.70 bits per heavy atom. The standard InChI is InChI=1S/C19H23N5O3/c1-4-27-13-6-5-11-7-12(9-22-14(11)8-13)16-15(18(21)26)17(20)24(23-16)19(2,3)10-25/h5-9,25H,4,10,20H2,1-3H3,(H2,21,26). The summed E-state index contributed by atoms with van der Waals surface area (Å²) in [6, 6.07) is 7.45. The number of hydrogen-bond acceptors (Lipinski definition) is 6. The van der Waals surface area contributed by atoms with E-state index in [1.54, 1.807) is 20.0 Å². The van der Waals surface area contributed by atoms with Gasteiger partial charge in [-0.3, -0.25) is 9.78 Å². The largest absolute Gasteiger partial charge is 0.494 e. The van der Waals surface area contributed by atoms with Gasteiger partial charge in [0.2, 0.25) is 0 Å². The first-order valence-corrected chi connectivity index (χ1v) is 8.61. The monoisotopic (exact) mass is 369 g/mol. The number of aliphatic hydroxyl groups is 1. The van der Waals surface area contributed by atoms with Gasteiger partial charge in [-0.15, -0.1) is 0 Å². The zero-order valence-corrected chi connectivity index (χ0v) is 15.6. The number of carbonyl (C=O) groups excluding carboxylic acids is 1. The van der Waals surface area contributed by atoms with Crippen LogP contribution in [0, 0.1) is 0 Å². The average molecular weight is 369 g/mol. The second-order valence-electron chi connectivity index (χ2n) is 6.87. The highest BCUT2D eigenvalue weighted by atomic mass is 16.5. The third-order valence-electron chi connectivity index (χ3n) is 4.37. The number of amides is 1. The van der Waals surface area contributed by atoms with Crippen LogP contribution in [0.1, 0.15) is 31.1 Å². The molecule has 1 amide bonds. The van der Waals surface area contributed by atoms with Crippen molar-refractivity contribution in [1.82, 2.24) is 14.8 Å². The molecule has 3 rings (SSSR count). The lowest BCUT2D eigenvalue weighted by atomic mass is 10.1. The van der Waals surface area contributed by atoms with Crippen molar-refractivity contribution < 1.29 is 14.6 Å². The highest BCUT2D eigenvalue weighted by Crippen LogP contribution is 2.32. The Bertz CT molecular complexity index is 1010. The van der Waals surface area contributed by atoms with Crippen molar-refractivity contribution >= 4 is 22.6 Å². The fourth-order valence-corrected chi connectivity index (χ4v) is 2.89. The predicted molar refractivity (Wildman–Crippen MR) is 103 cm³/mol. The lowest BCUT2D eigenvalue weighted by Crippen LogP contribution is -2.32. The number of nitrogen functional groups attached to an aromatic ring is 1. The van der Waals surface area contributed by atoms with Crippen LogP contribution in [0.3, 0.4) is 0 Å². The summed E-state index contributed by atoms with van der Waals surface area (Å²) in [6.45, 7) is 5.81. The van der Waals surface area contributed by atoms with Gasteiger partial charge in [-0.05, 0) is 39.0 Å². The molecule has 0 aliphatic carbocycles. The smallest absolute Gasteiger partial charge is 0.254 e. The third kappa shape index (κ3) is 3.31. The normalized spacial score (nSPS) is 11.7. The molecule has 0 fully saturated rings. The summed E-state index contributed by atoms with van der Waals surface area (Å²) >= 11 is 0. The van der Waals surface area contributed by atoms with E-state index >= 15 is 0 Å². The van der Waals surface area contributed by atoms with Crippen LogP contribution < -0.4 is 16.2 Å². The maximum Gasteiger partial charge on any atom is 0.254 e. The van der Waals surface area contributed by atoms with Crippen LogP contribution in [0.25, 0.3) is 22.2 Å². The van der Waals surface area contributed by atoms with E-state index in [2.05, 4.69) is 10.1 Å². The van der Waals surface area contributed by atoms with Crippen LogP contribution >= 0.6 is 0 Å². The lowest BCUT2D eigenvalue weighted by molar-refractivity contribution is 0.100.